The van der Waals surface area contributed by atoms with Gasteiger partial charge in [-0.15, -0.1) is 0 Å². The largest absolute Gasteiger partial charge is 0.493 e. The van der Waals surface area contributed by atoms with Gasteiger partial charge in [0.05, 0.1) is 28.4 Å². The zero-order valence-corrected chi connectivity index (χ0v) is 20.5. The van der Waals surface area contributed by atoms with Crippen molar-refractivity contribution in [2.24, 2.45) is 0 Å². The molecule has 0 aliphatic heterocycles. The fourth-order valence-electron chi connectivity index (χ4n) is 4.13. The zero-order valence-electron chi connectivity index (χ0n) is 19.7. The van der Waals surface area contributed by atoms with Gasteiger partial charge in [-0.3, -0.25) is 4.79 Å². The normalized spacial score (nSPS) is 14.9. The van der Waals surface area contributed by atoms with E-state index in [4.69, 9.17) is 18.9 Å². The first-order valence-corrected chi connectivity index (χ1v) is 12.0. The van der Waals surface area contributed by atoms with Gasteiger partial charge < -0.3 is 18.9 Å². The first-order chi connectivity index (χ1) is 16.2. The molecule has 0 amide bonds. The molecule has 0 aromatic heterocycles. The standard InChI is InChI=1S/C23H28N2O8S/c1-6-24-34(28,29)25-17-9-7-13-11-19(30-2)21(31-3)22(32-4)20(13)14-8-10-18(26)16(12-15(14)17)23(27)33-5/h8,10-12,17,24-25H,6-7,9H2,1-5H3/t17-/m0/s1. The van der Waals surface area contributed by atoms with Gasteiger partial charge in [0.1, 0.15) is 5.56 Å². The summed E-state index contributed by atoms with van der Waals surface area (Å²) < 4.78 is 51.8. The van der Waals surface area contributed by atoms with Gasteiger partial charge in [-0.05, 0) is 53.8 Å². The highest BCUT2D eigenvalue weighted by atomic mass is 32.2. The molecule has 2 aromatic rings. The summed E-state index contributed by atoms with van der Waals surface area (Å²) in [6, 6.07) is 5.23. The van der Waals surface area contributed by atoms with Crippen LogP contribution in [0.25, 0.3) is 11.1 Å². The third-order valence-electron chi connectivity index (χ3n) is 5.57. The van der Waals surface area contributed by atoms with E-state index in [0.29, 0.717) is 46.8 Å². The number of esters is 1. The molecule has 0 bridgehead atoms. The number of carbonyl (C=O) groups is 1. The summed E-state index contributed by atoms with van der Waals surface area (Å²) in [6.07, 6.45) is 0.781. The Kier molecular flexibility index (Phi) is 7.80. The molecular formula is C23H28N2O8S. The lowest BCUT2D eigenvalue weighted by Crippen LogP contribution is -2.38. The van der Waals surface area contributed by atoms with Crippen LogP contribution in [-0.4, -0.2) is 49.4 Å². The van der Waals surface area contributed by atoms with E-state index in [-0.39, 0.29) is 12.1 Å². The highest BCUT2D eigenvalue weighted by molar-refractivity contribution is 7.87. The van der Waals surface area contributed by atoms with E-state index in [1.54, 1.807) is 19.1 Å². The topological polar surface area (TPSA) is 129 Å². The molecule has 34 heavy (non-hydrogen) atoms. The smallest absolute Gasteiger partial charge is 0.341 e. The Morgan fingerprint density at radius 2 is 1.76 bits per heavy atom. The van der Waals surface area contributed by atoms with Crippen molar-refractivity contribution in [1.29, 1.82) is 0 Å². The Morgan fingerprint density at radius 3 is 2.35 bits per heavy atom. The lowest BCUT2D eigenvalue weighted by molar-refractivity contribution is 0.0599. The number of hydrogen-bond donors (Lipinski definition) is 2. The van der Waals surface area contributed by atoms with Crippen LogP contribution in [-0.2, 0) is 21.4 Å². The lowest BCUT2D eigenvalue weighted by atomic mass is 9.95. The lowest BCUT2D eigenvalue weighted by Gasteiger charge is -2.20. The van der Waals surface area contributed by atoms with E-state index in [0.717, 1.165) is 5.56 Å². The van der Waals surface area contributed by atoms with Crippen LogP contribution >= 0.6 is 0 Å². The van der Waals surface area contributed by atoms with E-state index >= 15 is 0 Å². The molecule has 2 aromatic carbocycles. The van der Waals surface area contributed by atoms with Crippen molar-refractivity contribution < 1.29 is 32.2 Å². The molecular weight excluding hydrogens is 464 g/mol. The summed E-state index contributed by atoms with van der Waals surface area (Å²) in [5.41, 5.74) is 1.59. The van der Waals surface area contributed by atoms with Crippen LogP contribution in [0.3, 0.4) is 0 Å². The van der Waals surface area contributed by atoms with E-state index in [9.17, 15) is 18.0 Å². The van der Waals surface area contributed by atoms with Crippen LogP contribution in [0.4, 0.5) is 0 Å². The van der Waals surface area contributed by atoms with Gasteiger partial charge in [-0.1, -0.05) is 6.92 Å². The fourth-order valence-corrected chi connectivity index (χ4v) is 5.21. The van der Waals surface area contributed by atoms with Crippen LogP contribution < -0.4 is 29.1 Å². The van der Waals surface area contributed by atoms with Crippen molar-refractivity contribution >= 4 is 16.2 Å². The molecule has 0 saturated heterocycles. The molecule has 2 N–H and O–H groups in total. The molecule has 1 aliphatic rings. The predicted octanol–water partition coefficient (Wildman–Crippen LogP) is 1.96. The Morgan fingerprint density at radius 1 is 1.06 bits per heavy atom. The van der Waals surface area contributed by atoms with Crippen LogP contribution in [0.2, 0.25) is 0 Å². The van der Waals surface area contributed by atoms with E-state index in [1.165, 1.54) is 40.6 Å². The number of carbonyl (C=O) groups excluding carboxylic acids is 1. The van der Waals surface area contributed by atoms with Gasteiger partial charge in [0.25, 0.3) is 10.2 Å². The summed E-state index contributed by atoms with van der Waals surface area (Å²) in [7, 11) is 1.78. The highest BCUT2D eigenvalue weighted by Gasteiger charge is 2.31. The predicted molar refractivity (Wildman–Crippen MR) is 126 cm³/mol. The minimum atomic E-state index is -3.86. The monoisotopic (exact) mass is 492 g/mol. The van der Waals surface area contributed by atoms with Gasteiger partial charge in [-0.2, -0.15) is 13.1 Å². The third kappa shape index (κ3) is 4.86. The quantitative estimate of drug-likeness (QED) is 0.535. The number of methoxy groups -OCH3 is 4. The molecule has 3 rings (SSSR count). The molecule has 0 heterocycles. The van der Waals surface area contributed by atoms with Crippen molar-refractivity contribution in [3.05, 3.63) is 51.2 Å². The van der Waals surface area contributed by atoms with Crippen molar-refractivity contribution in [2.75, 3.05) is 35.0 Å². The molecule has 184 valence electrons. The Bertz CT molecular complexity index is 1260. The van der Waals surface area contributed by atoms with Crippen molar-refractivity contribution in [3.8, 4) is 28.4 Å². The number of rotatable bonds is 8. The second kappa shape index (κ2) is 10.4. The first kappa shape index (κ1) is 25.5. The summed E-state index contributed by atoms with van der Waals surface area (Å²) in [5.74, 6) is 0.349. The van der Waals surface area contributed by atoms with Crippen molar-refractivity contribution in [3.63, 3.8) is 0 Å². The average molecular weight is 493 g/mol. The van der Waals surface area contributed by atoms with Crippen LogP contribution in [0.15, 0.2) is 29.1 Å². The summed E-state index contributed by atoms with van der Waals surface area (Å²) in [5, 5.41) is 0. The number of fused-ring (bicyclic) bond motifs is 3. The van der Waals surface area contributed by atoms with E-state index in [1.807, 2.05) is 0 Å². The second-order valence-corrected chi connectivity index (χ2v) is 9.04. The summed E-state index contributed by atoms with van der Waals surface area (Å²) in [4.78, 5) is 25.1. The molecule has 1 aliphatic carbocycles. The number of nitrogens with one attached hydrogen (secondary N) is 2. The van der Waals surface area contributed by atoms with Crippen molar-refractivity contribution in [2.45, 2.75) is 25.8 Å². The van der Waals surface area contributed by atoms with Gasteiger partial charge in [0.15, 0.2) is 16.9 Å². The second-order valence-electron chi connectivity index (χ2n) is 7.51. The van der Waals surface area contributed by atoms with Crippen LogP contribution in [0, 0.1) is 0 Å². The molecule has 0 saturated carbocycles. The van der Waals surface area contributed by atoms with E-state index < -0.39 is 27.6 Å². The molecule has 0 radical (unpaired) electrons. The Balaban J connectivity index is 2.41. The molecule has 0 fully saturated rings. The van der Waals surface area contributed by atoms with Crippen molar-refractivity contribution in [1.82, 2.24) is 9.44 Å². The molecule has 11 heteroatoms. The summed E-state index contributed by atoms with van der Waals surface area (Å²) >= 11 is 0. The maximum atomic E-state index is 12.7. The molecule has 0 unspecified atom stereocenters. The maximum absolute atomic E-state index is 12.7. The number of hydrogen-bond acceptors (Lipinski definition) is 8. The van der Waals surface area contributed by atoms with Gasteiger partial charge in [0, 0.05) is 18.2 Å². The average Bonchev–Trinajstić information content (AvgIpc) is 3.06. The first-order valence-electron chi connectivity index (χ1n) is 10.6. The minimum absolute atomic E-state index is 0.193. The highest BCUT2D eigenvalue weighted by Crippen LogP contribution is 2.50. The van der Waals surface area contributed by atoms with Gasteiger partial charge in [0.2, 0.25) is 5.75 Å². The number of ether oxygens (including phenoxy) is 4. The Labute approximate surface area is 198 Å². The van der Waals surface area contributed by atoms with E-state index in [2.05, 4.69) is 9.44 Å². The zero-order chi connectivity index (χ0) is 25.0. The van der Waals surface area contributed by atoms with Gasteiger partial charge in [-0.25, -0.2) is 9.52 Å². The minimum Gasteiger partial charge on any atom is -0.493 e. The third-order valence-corrected chi connectivity index (χ3v) is 6.84. The van der Waals surface area contributed by atoms with Gasteiger partial charge >= 0.3 is 5.97 Å². The van der Waals surface area contributed by atoms with Crippen LogP contribution in [0.1, 0.15) is 40.9 Å². The number of benzene rings is 1. The Hall–Kier alpha value is -3.15. The maximum Gasteiger partial charge on any atom is 0.341 e. The molecule has 10 nitrogen and oxygen atoms in total. The van der Waals surface area contributed by atoms with Crippen LogP contribution in [0.5, 0.6) is 17.2 Å². The fraction of sp³-hybridized carbons (Fsp3) is 0.391. The number of aryl methyl sites for hydroxylation is 1. The molecule has 1 atom stereocenters. The molecule has 0 spiro atoms. The summed E-state index contributed by atoms with van der Waals surface area (Å²) in [6.45, 7) is 1.86. The SMILES string of the molecule is CCNS(=O)(=O)N[C@H]1CCc2cc(OC)c(OC)c(OC)c2-c2ccc(=O)c(C(=O)OC)cc21.